The van der Waals surface area contributed by atoms with Gasteiger partial charge in [-0.15, -0.1) is 23.5 Å². The lowest BCUT2D eigenvalue weighted by Gasteiger charge is -2.42. The van der Waals surface area contributed by atoms with E-state index in [0.717, 1.165) is 72.1 Å². The Hall–Kier alpha value is -4.31. The summed E-state index contributed by atoms with van der Waals surface area (Å²) in [5.74, 6) is 1.88. The molecular formula is C65H131BF4N8O6S2. The number of carbonyl (C=O) groups is 1. The van der Waals surface area contributed by atoms with Crippen molar-refractivity contribution >= 4 is 36.5 Å². The normalized spacial score (nSPS) is 18.2. The minimum absolute atomic E-state index is 0.0903. The van der Waals surface area contributed by atoms with Crippen LogP contribution in [0.15, 0.2) is 110 Å². The quantitative estimate of drug-likeness (QED) is 0.0711. The van der Waals surface area contributed by atoms with Crippen molar-refractivity contribution in [2.24, 2.45) is 5.41 Å². The van der Waals surface area contributed by atoms with Gasteiger partial charge in [-0.05, 0) is 138 Å². The van der Waals surface area contributed by atoms with Gasteiger partial charge in [0.2, 0.25) is 5.91 Å². The largest absolute Gasteiger partial charge is 0.507 e. The van der Waals surface area contributed by atoms with Gasteiger partial charge >= 0.3 is 19.3 Å². The van der Waals surface area contributed by atoms with Gasteiger partial charge in [-0.3, -0.25) is 4.79 Å². The summed E-state index contributed by atoms with van der Waals surface area (Å²) >= 11 is 3.36. The summed E-state index contributed by atoms with van der Waals surface area (Å²) in [4.78, 5) is 12.4. The zero-order chi connectivity index (χ0) is 67.1. The van der Waals surface area contributed by atoms with E-state index in [1.807, 2.05) is 173 Å². The van der Waals surface area contributed by atoms with Crippen LogP contribution in [0.2, 0.25) is 6.82 Å². The third kappa shape index (κ3) is 68.8. The molecule has 10 rings (SSSR count). The molecule has 1 fully saturated rings. The fourth-order valence-corrected chi connectivity index (χ4v) is 7.35. The van der Waals surface area contributed by atoms with Gasteiger partial charge in [0.05, 0.1) is 24.9 Å². The molecule has 10 heterocycles. The first-order valence-corrected chi connectivity index (χ1v) is 34.7. The molecule has 8 N–H and O–H groups in total. The molecule has 0 bridgehead atoms. The number of nitrogens with one attached hydrogen (secondary N) is 7. The molecule has 1 amide bonds. The van der Waals surface area contributed by atoms with E-state index in [4.69, 9.17) is 9.47 Å². The van der Waals surface area contributed by atoms with Crippen molar-refractivity contribution in [2.45, 2.75) is 214 Å². The third-order valence-electron chi connectivity index (χ3n) is 10.2. The van der Waals surface area contributed by atoms with Crippen LogP contribution in [0.4, 0.5) is 17.6 Å². The van der Waals surface area contributed by atoms with Gasteiger partial charge in [0.15, 0.2) is 0 Å². The maximum atomic E-state index is 11.8. The molecule has 0 aromatic heterocycles. The van der Waals surface area contributed by atoms with Crippen LogP contribution in [0.5, 0.6) is 0 Å². The Bertz CT molecular complexity index is 1410. The van der Waals surface area contributed by atoms with Crippen molar-refractivity contribution in [1.29, 1.82) is 0 Å². The van der Waals surface area contributed by atoms with Crippen LogP contribution in [0, 0.1) is 5.41 Å². The van der Waals surface area contributed by atoms with Gasteiger partial charge in [0.25, 0.3) is 0 Å². The maximum Gasteiger partial charge on any atom is 0.507 e. The van der Waals surface area contributed by atoms with Gasteiger partial charge in [0, 0.05) is 63.6 Å². The Morgan fingerprint density at radius 1 is 0.500 bits per heavy atom. The predicted molar refractivity (Wildman–Crippen MR) is 373 cm³/mol. The zero-order valence-electron chi connectivity index (χ0n) is 57.7. The van der Waals surface area contributed by atoms with E-state index >= 15 is 0 Å². The number of piperidine rings is 1. The number of alkyl halides is 4. The second-order valence-electron chi connectivity index (χ2n) is 15.7. The van der Waals surface area contributed by atoms with Gasteiger partial charge in [-0.25, -0.2) is 0 Å². The fraction of sp³-hybridized carbons (Fsp3) is 0.708. The summed E-state index contributed by atoms with van der Waals surface area (Å²) in [6.45, 7) is 49.4. The van der Waals surface area contributed by atoms with Gasteiger partial charge in [-0.1, -0.05) is 155 Å². The summed E-state index contributed by atoms with van der Waals surface area (Å²) < 4.78 is 63.6. The second kappa shape index (κ2) is 84.9. The Kier molecular flexibility index (Phi) is 96.7. The van der Waals surface area contributed by atoms with E-state index < -0.39 is 12.2 Å². The van der Waals surface area contributed by atoms with E-state index in [-0.39, 0.29) is 13.0 Å². The molecule has 0 unspecified atom stereocenters. The van der Waals surface area contributed by atoms with E-state index in [1.165, 1.54) is 88.1 Å². The molecule has 10 aliphatic heterocycles. The van der Waals surface area contributed by atoms with Crippen LogP contribution < -0.4 is 37.2 Å². The summed E-state index contributed by atoms with van der Waals surface area (Å²) in [7, 11) is -0.280. The maximum absolute atomic E-state index is 11.8. The molecule has 0 aromatic rings. The molecule has 21 heteroatoms. The summed E-state index contributed by atoms with van der Waals surface area (Å²) in [6, 6.07) is 0. The van der Waals surface area contributed by atoms with Crippen LogP contribution in [-0.2, 0) is 23.7 Å². The minimum atomic E-state index is -4.57. The van der Waals surface area contributed by atoms with Gasteiger partial charge < -0.3 is 66.0 Å². The number of allylic oxidation sites excluding steroid dienone is 4. The third-order valence-corrected chi connectivity index (χ3v) is 11.8. The van der Waals surface area contributed by atoms with Crippen molar-refractivity contribution in [3.63, 3.8) is 0 Å². The van der Waals surface area contributed by atoms with Crippen LogP contribution in [0.3, 0.4) is 0 Å². The fourth-order valence-electron chi connectivity index (χ4n) is 6.29. The molecule has 0 radical (unpaired) electrons. The smallest absolute Gasteiger partial charge is 0.502 e. The molecule has 510 valence electrons. The first-order chi connectivity index (χ1) is 42.1. The highest BCUT2D eigenvalue weighted by Crippen LogP contribution is 2.39. The molecule has 10 aliphatic rings. The number of amides is 1. The first-order valence-electron chi connectivity index (χ1n) is 32.6. The Balaban J connectivity index is -0.000000130. The molecule has 0 aromatic carbocycles. The summed E-state index contributed by atoms with van der Waals surface area (Å²) in [6.07, 6.45) is 33.4. The Morgan fingerprint density at radius 2 is 1.02 bits per heavy atom. The van der Waals surface area contributed by atoms with Gasteiger partial charge in [-0.2, -0.15) is 17.6 Å². The Morgan fingerprint density at radius 3 is 1.28 bits per heavy atom. The highest BCUT2D eigenvalue weighted by molar-refractivity contribution is 8.02. The lowest BCUT2D eigenvalue weighted by Crippen LogP contribution is -2.47. The van der Waals surface area contributed by atoms with Crippen LogP contribution in [0.25, 0.3) is 0 Å². The number of thioether (sulfide) groups is 2. The number of hydrogen-bond donors (Lipinski definition) is 8. The molecule has 0 saturated carbocycles. The number of rotatable bonds is 1. The van der Waals surface area contributed by atoms with E-state index in [1.54, 1.807) is 24.9 Å². The number of halogens is 4. The lowest BCUT2D eigenvalue weighted by atomic mass is 9.71. The Labute approximate surface area is 535 Å². The lowest BCUT2D eigenvalue weighted by molar-refractivity contribution is -0.417. The van der Waals surface area contributed by atoms with Crippen LogP contribution in [0.1, 0.15) is 195 Å². The highest BCUT2D eigenvalue weighted by Gasteiger charge is 2.63. The number of ether oxygens (including phenoxy) is 4. The van der Waals surface area contributed by atoms with Crippen molar-refractivity contribution in [3.8, 4) is 0 Å². The summed E-state index contributed by atoms with van der Waals surface area (Å²) in [5.41, 5.74) is 0.427. The topological polar surface area (TPSA) is 162 Å². The van der Waals surface area contributed by atoms with E-state index in [0.29, 0.717) is 23.7 Å². The SMILES string of the molecule is C1=CCNCC1.C1=CNCCC1.C1=CNCCCC1.C1=COCCC1.C1=COCCN1.C1=CSCCN1.CB(O)N1CCC2(C=CNCC2)CC1.CC.CC.CC.CC.CC.CC.CC.CC.CC.FC1(F)OC=COC1(F)F.O=C1CSC=CN1. The second-order valence-corrected chi connectivity index (χ2v) is 17.7. The van der Waals surface area contributed by atoms with E-state index in [2.05, 4.69) is 93.5 Å². The average Bonchev–Trinajstić information content (AvgIpc) is 3.95. The summed E-state index contributed by atoms with van der Waals surface area (Å²) in [5, 5.41) is 34.7. The minimum Gasteiger partial charge on any atom is -0.502 e. The first kappa shape index (κ1) is 98.0. The van der Waals surface area contributed by atoms with Crippen molar-refractivity contribution < 1.29 is 46.3 Å². The molecule has 86 heavy (non-hydrogen) atoms. The zero-order valence-corrected chi connectivity index (χ0v) is 59.3. The average molecular weight is 1270 g/mol. The number of carbonyl (C=O) groups excluding carboxylic acids is 1. The number of nitrogens with zero attached hydrogens (tertiary/aromatic N) is 1. The van der Waals surface area contributed by atoms with Crippen molar-refractivity contribution in [3.05, 3.63) is 110 Å². The van der Waals surface area contributed by atoms with Crippen molar-refractivity contribution in [1.82, 2.24) is 42.0 Å². The standard InChI is InChI=1S/C10H19BN2O.C6H11N.2C5H9N.C5H8O.C4H2F4O2.C4H5NOS.C4H7NO.C4H7NS.9C2H6/c1-11(14)13-8-4-10(5-9-13)2-6-12-7-3-10;1-2-4-6-7-5-3-1;3*1-2-4-6-5-3-1;5-3(6)4(7,8)10-2-1-9-3;6-4-3-7-2-1-5-4;2*1-3-6-4-2-5-1;9*1-2/h2,6,12,14H,3-5,7-9H2,1H3;3,5,7H,1-2,4,6H2;2,4,6H,1,3,5H2;1-2,6H,3-5H2;2,4H,1,3,5H2;1-2H;1-2H,3H2,(H,5,6);2*1,3,5H,2,4H2;9*1-2H3. The molecule has 1 spiro atoms. The molecule has 0 aliphatic carbocycles. The van der Waals surface area contributed by atoms with Crippen LogP contribution in [-0.4, -0.2) is 119 Å². The molecular weight excluding hydrogens is 1140 g/mol. The highest BCUT2D eigenvalue weighted by atomic mass is 32.2. The van der Waals surface area contributed by atoms with Crippen LogP contribution >= 0.6 is 23.5 Å². The van der Waals surface area contributed by atoms with Crippen molar-refractivity contribution in [2.75, 3.05) is 83.6 Å². The number of hydrogen-bond acceptors (Lipinski definition) is 15. The molecule has 14 nitrogen and oxygen atoms in total. The predicted octanol–water partition coefficient (Wildman–Crippen LogP) is 16.8. The van der Waals surface area contributed by atoms with E-state index in [9.17, 15) is 27.4 Å². The molecule has 0 atom stereocenters. The monoisotopic (exact) mass is 1270 g/mol. The molecule has 1 saturated heterocycles. The van der Waals surface area contributed by atoms with Gasteiger partial charge in [0.1, 0.15) is 19.1 Å².